The Labute approximate surface area is 162 Å². The fraction of sp³-hybridized carbons (Fsp3) is 0.263. The van der Waals surface area contributed by atoms with E-state index in [1.165, 1.54) is 23.9 Å². The van der Waals surface area contributed by atoms with Crippen molar-refractivity contribution in [3.63, 3.8) is 0 Å². The van der Waals surface area contributed by atoms with Gasteiger partial charge in [0.2, 0.25) is 11.8 Å². The molecule has 2 aromatic carbocycles. The molecule has 2 aromatic rings. The lowest BCUT2D eigenvalue weighted by atomic mass is 10.2. The van der Waals surface area contributed by atoms with Crippen LogP contribution in [0.15, 0.2) is 52.3 Å². The van der Waals surface area contributed by atoms with Crippen LogP contribution in [0.25, 0.3) is 0 Å². The predicted octanol–water partition coefficient (Wildman–Crippen LogP) is 3.23. The van der Waals surface area contributed by atoms with Crippen LogP contribution in [0.5, 0.6) is 0 Å². The molecule has 0 saturated heterocycles. The third-order valence-electron chi connectivity index (χ3n) is 4.10. The molecule has 1 heterocycles. The number of sulfone groups is 1. The molecule has 1 aliphatic rings. The number of anilines is 2. The number of hydrogen-bond donors (Lipinski definition) is 2. The zero-order valence-corrected chi connectivity index (χ0v) is 16.5. The number of hydrogen-bond acceptors (Lipinski definition) is 5. The molecule has 2 amide bonds. The Kier molecular flexibility index (Phi) is 5.86. The van der Waals surface area contributed by atoms with Crippen molar-refractivity contribution in [2.75, 3.05) is 22.1 Å². The lowest BCUT2D eigenvalue weighted by Crippen LogP contribution is -2.17. The summed E-state index contributed by atoms with van der Waals surface area (Å²) in [5, 5.41) is 5.43. The van der Waals surface area contributed by atoms with E-state index in [-0.39, 0.29) is 28.9 Å². The standard InChI is InChI=1S/C19H20N2O4S2/c1-13-2-4-14(5-3-13)20-19(23)9-11-27(24,25)15-6-7-17-16(12-15)21-18(22)8-10-26-17/h2-7,12H,8-11H2,1H3,(H,20,23)(H,21,22). The fourth-order valence-corrected chi connectivity index (χ4v) is 4.80. The van der Waals surface area contributed by atoms with Crippen LogP contribution in [0, 0.1) is 6.92 Å². The second kappa shape index (κ2) is 8.14. The summed E-state index contributed by atoms with van der Waals surface area (Å²) in [6, 6.07) is 12.0. The number of amides is 2. The van der Waals surface area contributed by atoms with Gasteiger partial charge in [0.15, 0.2) is 9.84 Å². The number of fused-ring (bicyclic) bond motifs is 1. The lowest BCUT2D eigenvalue weighted by molar-refractivity contribution is -0.116. The maximum absolute atomic E-state index is 12.6. The highest BCUT2D eigenvalue weighted by Crippen LogP contribution is 2.32. The van der Waals surface area contributed by atoms with E-state index in [1.807, 2.05) is 19.1 Å². The molecule has 6 nitrogen and oxygen atoms in total. The van der Waals surface area contributed by atoms with Crippen molar-refractivity contribution in [1.29, 1.82) is 0 Å². The maximum atomic E-state index is 12.6. The lowest BCUT2D eigenvalue weighted by Gasteiger charge is -2.10. The number of rotatable bonds is 5. The second-order valence-electron chi connectivity index (χ2n) is 6.29. The van der Waals surface area contributed by atoms with Crippen molar-refractivity contribution < 1.29 is 18.0 Å². The first-order valence-corrected chi connectivity index (χ1v) is 11.1. The van der Waals surface area contributed by atoms with Gasteiger partial charge in [0.25, 0.3) is 0 Å². The van der Waals surface area contributed by atoms with Crippen molar-refractivity contribution in [2.24, 2.45) is 0 Å². The highest BCUT2D eigenvalue weighted by molar-refractivity contribution is 7.99. The van der Waals surface area contributed by atoms with Crippen LogP contribution in [0.2, 0.25) is 0 Å². The van der Waals surface area contributed by atoms with Gasteiger partial charge in [-0.3, -0.25) is 9.59 Å². The topological polar surface area (TPSA) is 92.3 Å². The maximum Gasteiger partial charge on any atom is 0.225 e. The monoisotopic (exact) mass is 404 g/mol. The number of carbonyl (C=O) groups excluding carboxylic acids is 2. The first-order chi connectivity index (χ1) is 12.8. The van der Waals surface area contributed by atoms with Crippen molar-refractivity contribution in [3.8, 4) is 0 Å². The number of carbonyl (C=O) groups is 2. The Bertz CT molecular complexity index is 970. The van der Waals surface area contributed by atoms with Gasteiger partial charge in [0.1, 0.15) is 0 Å². The highest BCUT2D eigenvalue weighted by Gasteiger charge is 2.20. The highest BCUT2D eigenvalue weighted by atomic mass is 32.2. The Balaban J connectivity index is 1.67. The van der Waals surface area contributed by atoms with E-state index in [0.29, 0.717) is 23.5 Å². The third-order valence-corrected chi connectivity index (χ3v) is 6.89. The number of nitrogens with one attached hydrogen (secondary N) is 2. The zero-order chi connectivity index (χ0) is 19.4. The molecule has 8 heteroatoms. The Hall–Kier alpha value is -2.32. The minimum absolute atomic E-state index is 0.104. The average molecular weight is 405 g/mol. The van der Waals surface area contributed by atoms with Crippen LogP contribution in [0.3, 0.4) is 0 Å². The van der Waals surface area contributed by atoms with Gasteiger partial charge < -0.3 is 10.6 Å². The second-order valence-corrected chi connectivity index (χ2v) is 9.53. The van der Waals surface area contributed by atoms with E-state index in [1.54, 1.807) is 18.2 Å². The molecule has 0 spiro atoms. The molecule has 0 atom stereocenters. The molecule has 0 radical (unpaired) electrons. The summed E-state index contributed by atoms with van der Waals surface area (Å²) < 4.78 is 25.2. The third kappa shape index (κ3) is 5.11. The Morgan fingerprint density at radius 1 is 1.19 bits per heavy atom. The average Bonchev–Trinajstić information content (AvgIpc) is 2.82. The molecule has 27 heavy (non-hydrogen) atoms. The van der Waals surface area contributed by atoms with Gasteiger partial charge in [-0.15, -0.1) is 11.8 Å². The van der Waals surface area contributed by atoms with Crippen molar-refractivity contribution in [2.45, 2.75) is 29.6 Å². The minimum atomic E-state index is -3.64. The van der Waals surface area contributed by atoms with E-state index >= 15 is 0 Å². The van der Waals surface area contributed by atoms with E-state index in [9.17, 15) is 18.0 Å². The molecule has 1 aliphatic heterocycles. The number of benzene rings is 2. The SMILES string of the molecule is Cc1ccc(NC(=O)CCS(=O)(=O)c2ccc3c(c2)NC(=O)CCS3)cc1. The number of thioether (sulfide) groups is 1. The molecule has 3 rings (SSSR count). The molecule has 0 unspecified atom stereocenters. The molecule has 142 valence electrons. The van der Waals surface area contributed by atoms with Gasteiger partial charge in [-0.05, 0) is 37.3 Å². The molecule has 0 aromatic heterocycles. The van der Waals surface area contributed by atoms with E-state index in [2.05, 4.69) is 10.6 Å². The van der Waals surface area contributed by atoms with Crippen LogP contribution in [0.4, 0.5) is 11.4 Å². The fourth-order valence-electron chi connectivity index (χ4n) is 2.60. The first-order valence-electron chi connectivity index (χ1n) is 8.49. The van der Waals surface area contributed by atoms with Gasteiger partial charge in [0, 0.05) is 29.2 Å². The van der Waals surface area contributed by atoms with E-state index in [0.717, 1.165) is 10.5 Å². The molecule has 2 N–H and O–H groups in total. The first kappa shape index (κ1) is 19.4. The van der Waals surface area contributed by atoms with Gasteiger partial charge >= 0.3 is 0 Å². The summed E-state index contributed by atoms with van der Waals surface area (Å²) in [6.45, 7) is 1.94. The predicted molar refractivity (Wildman–Crippen MR) is 107 cm³/mol. The van der Waals surface area contributed by atoms with Crippen LogP contribution in [-0.4, -0.2) is 31.7 Å². The van der Waals surface area contributed by atoms with Crippen molar-refractivity contribution in [1.82, 2.24) is 0 Å². The van der Waals surface area contributed by atoms with Gasteiger partial charge in [-0.1, -0.05) is 17.7 Å². The summed E-state index contributed by atoms with van der Waals surface area (Å²) in [5.74, 6) is -0.136. The molecule has 0 fully saturated rings. The summed E-state index contributed by atoms with van der Waals surface area (Å²) in [5.41, 5.74) is 2.21. The molecule has 0 aliphatic carbocycles. The van der Waals surface area contributed by atoms with Crippen LogP contribution < -0.4 is 10.6 Å². The van der Waals surface area contributed by atoms with E-state index in [4.69, 9.17) is 0 Å². The zero-order valence-electron chi connectivity index (χ0n) is 14.8. The largest absolute Gasteiger partial charge is 0.326 e. The summed E-state index contributed by atoms with van der Waals surface area (Å²) in [7, 11) is -3.64. The summed E-state index contributed by atoms with van der Waals surface area (Å²) in [4.78, 5) is 24.7. The van der Waals surface area contributed by atoms with Crippen LogP contribution in [0.1, 0.15) is 18.4 Å². The quantitative estimate of drug-likeness (QED) is 0.798. The smallest absolute Gasteiger partial charge is 0.225 e. The molecule has 0 saturated carbocycles. The van der Waals surface area contributed by atoms with Gasteiger partial charge in [0.05, 0.1) is 16.3 Å². The Morgan fingerprint density at radius 2 is 1.93 bits per heavy atom. The van der Waals surface area contributed by atoms with Crippen LogP contribution in [-0.2, 0) is 19.4 Å². The minimum Gasteiger partial charge on any atom is -0.326 e. The molecular weight excluding hydrogens is 384 g/mol. The van der Waals surface area contributed by atoms with Crippen LogP contribution >= 0.6 is 11.8 Å². The summed E-state index contributed by atoms with van der Waals surface area (Å²) in [6.07, 6.45) is 0.245. The summed E-state index contributed by atoms with van der Waals surface area (Å²) >= 11 is 1.51. The van der Waals surface area contributed by atoms with Crippen molar-refractivity contribution >= 4 is 44.8 Å². The molecular formula is C19H20N2O4S2. The van der Waals surface area contributed by atoms with E-state index < -0.39 is 9.84 Å². The number of aryl methyl sites for hydroxylation is 1. The molecule has 0 bridgehead atoms. The van der Waals surface area contributed by atoms with Crippen molar-refractivity contribution in [3.05, 3.63) is 48.0 Å². The van der Waals surface area contributed by atoms with Gasteiger partial charge in [-0.2, -0.15) is 0 Å². The van der Waals surface area contributed by atoms with Gasteiger partial charge in [-0.25, -0.2) is 8.42 Å². The normalized spacial score (nSPS) is 14.0. The Morgan fingerprint density at radius 3 is 2.67 bits per heavy atom.